The zero-order chi connectivity index (χ0) is 11.5. The summed E-state index contributed by atoms with van der Waals surface area (Å²) in [6.45, 7) is 2.24. The van der Waals surface area contributed by atoms with E-state index in [-0.39, 0.29) is 6.61 Å². The third kappa shape index (κ3) is 2.20. The van der Waals surface area contributed by atoms with Crippen molar-refractivity contribution >= 4 is 0 Å². The topological polar surface area (TPSA) is 32.7 Å². The summed E-state index contributed by atoms with van der Waals surface area (Å²) in [6, 6.07) is 8.17. The quantitative estimate of drug-likeness (QED) is 0.836. The van der Waals surface area contributed by atoms with Crippen LogP contribution < -0.4 is 4.74 Å². The minimum absolute atomic E-state index is 0.256. The molecule has 0 unspecified atom stereocenters. The summed E-state index contributed by atoms with van der Waals surface area (Å²) in [4.78, 5) is 2.27. The number of hydrogen-bond acceptors (Lipinski definition) is 3. The number of likely N-dealkylation sites (tertiary alicyclic amines) is 1. The third-order valence-electron chi connectivity index (χ3n) is 3.38. The molecule has 0 spiro atoms. The van der Waals surface area contributed by atoms with Gasteiger partial charge in [-0.2, -0.15) is 0 Å². The lowest BCUT2D eigenvalue weighted by Crippen LogP contribution is -2.15. The summed E-state index contributed by atoms with van der Waals surface area (Å²) in [5.41, 5.74) is 1.27. The van der Waals surface area contributed by atoms with Gasteiger partial charge >= 0.3 is 0 Å². The van der Waals surface area contributed by atoms with Crippen LogP contribution in [0.25, 0.3) is 0 Å². The summed E-state index contributed by atoms with van der Waals surface area (Å²) in [5.74, 6) is 1.66. The van der Waals surface area contributed by atoms with Crippen LogP contribution in [0.5, 0.6) is 5.75 Å². The zero-order valence-corrected chi connectivity index (χ0v) is 9.89. The van der Waals surface area contributed by atoms with Crippen molar-refractivity contribution in [1.82, 2.24) is 4.90 Å². The lowest BCUT2D eigenvalue weighted by Gasteiger charge is -2.17. The van der Waals surface area contributed by atoms with E-state index in [4.69, 9.17) is 4.74 Å². The van der Waals surface area contributed by atoms with E-state index in [9.17, 15) is 5.11 Å². The van der Waals surface area contributed by atoms with Gasteiger partial charge in [0.1, 0.15) is 5.75 Å². The lowest BCUT2D eigenvalue weighted by molar-refractivity contribution is 0.219. The maximum absolute atomic E-state index is 9.38. The smallest absolute Gasteiger partial charge is 0.119 e. The Morgan fingerprint density at radius 1 is 1.44 bits per heavy atom. The van der Waals surface area contributed by atoms with Gasteiger partial charge in [0.25, 0.3) is 0 Å². The average molecular weight is 221 g/mol. The predicted octanol–water partition coefficient (Wildman–Crippen LogP) is 1.33. The monoisotopic (exact) mass is 221 g/mol. The van der Waals surface area contributed by atoms with Gasteiger partial charge < -0.3 is 14.7 Å². The van der Waals surface area contributed by atoms with E-state index in [1.165, 1.54) is 5.56 Å². The van der Waals surface area contributed by atoms with Crippen molar-refractivity contribution in [2.45, 2.75) is 5.92 Å². The van der Waals surface area contributed by atoms with Crippen LogP contribution in [0.3, 0.4) is 0 Å². The van der Waals surface area contributed by atoms with E-state index in [1.54, 1.807) is 7.11 Å². The molecule has 88 valence electrons. The minimum Gasteiger partial charge on any atom is -0.497 e. The van der Waals surface area contributed by atoms with E-state index < -0.39 is 0 Å². The normalized spacial score (nSPS) is 25.9. The number of likely N-dealkylation sites (N-methyl/N-ethyl adjacent to an activating group) is 1. The van der Waals surface area contributed by atoms with Gasteiger partial charge in [-0.3, -0.25) is 0 Å². The highest BCUT2D eigenvalue weighted by Gasteiger charge is 2.31. The standard InChI is InChI=1S/C13H19NO2/c1-14-7-11(9-15)13(8-14)10-4-3-5-12(6-10)16-2/h3-6,11,13,15H,7-9H2,1-2H3/t11-,13-/m0/s1. The highest BCUT2D eigenvalue weighted by atomic mass is 16.5. The molecule has 1 aromatic rings. The molecule has 0 radical (unpaired) electrons. The maximum atomic E-state index is 9.38. The Balaban J connectivity index is 2.22. The van der Waals surface area contributed by atoms with Crippen LogP contribution in [0.2, 0.25) is 0 Å². The molecule has 16 heavy (non-hydrogen) atoms. The molecule has 2 atom stereocenters. The van der Waals surface area contributed by atoms with Crippen LogP contribution in [0.1, 0.15) is 11.5 Å². The van der Waals surface area contributed by atoms with E-state index in [1.807, 2.05) is 12.1 Å². The van der Waals surface area contributed by atoms with Crippen molar-refractivity contribution in [2.24, 2.45) is 5.92 Å². The molecule has 0 amide bonds. The van der Waals surface area contributed by atoms with Crippen molar-refractivity contribution < 1.29 is 9.84 Å². The molecule has 1 N–H and O–H groups in total. The molecule has 1 aliphatic heterocycles. The number of rotatable bonds is 3. The zero-order valence-electron chi connectivity index (χ0n) is 9.89. The van der Waals surface area contributed by atoms with Crippen molar-refractivity contribution in [3.63, 3.8) is 0 Å². The first-order valence-electron chi connectivity index (χ1n) is 5.68. The summed E-state index contributed by atoms with van der Waals surface area (Å²) in [6.07, 6.45) is 0. The minimum atomic E-state index is 0.256. The van der Waals surface area contributed by atoms with Crippen molar-refractivity contribution in [3.05, 3.63) is 29.8 Å². The second-order valence-corrected chi connectivity index (χ2v) is 4.55. The molecule has 0 aliphatic carbocycles. The molecule has 1 heterocycles. The first kappa shape index (κ1) is 11.4. The molecule has 3 nitrogen and oxygen atoms in total. The van der Waals surface area contributed by atoms with Crippen LogP contribution in [0, 0.1) is 5.92 Å². The van der Waals surface area contributed by atoms with E-state index in [2.05, 4.69) is 24.1 Å². The lowest BCUT2D eigenvalue weighted by atomic mass is 9.89. The molecule has 2 rings (SSSR count). The molecule has 0 bridgehead atoms. The van der Waals surface area contributed by atoms with Crippen LogP contribution >= 0.6 is 0 Å². The van der Waals surface area contributed by atoms with Crippen LogP contribution in [0.4, 0.5) is 0 Å². The van der Waals surface area contributed by atoms with Gasteiger partial charge in [-0.05, 0) is 24.7 Å². The molecule has 1 aliphatic rings. The summed E-state index contributed by atoms with van der Waals surface area (Å²) < 4.78 is 5.23. The SMILES string of the molecule is COc1cccc([C@@H]2CN(C)C[C@H]2CO)c1. The van der Waals surface area contributed by atoms with Gasteiger partial charge in [0, 0.05) is 31.5 Å². The van der Waals surface area contributed by atoms with E-state index >= 15 is 0 Å². The van der Waals surface area contributed by atoms with Crippen molar-refractivity contribution in [3.8, 4) is 5.75 Å². The summed E-state index contributed by atoms with van der Waals surface area (Å²) >= 11 is 0. The Kier molecular flexibility index (Phi) is 3.46. The van der Waals surface area contributed by atoms with Gasteiger partial charge in [0.15, 0.2) is 0 Å². The fraction of sp³-hybridized carbons (Fsp3) is 0.538. The predicted molar refractivity (Wildman–Crippen MR) is 63.8 cm³/mol. The first-order valence-corrected chi connectivity index (χ1v) is 5.68. The molecule has 1 aromatic carbocycles. The maximum Gasteiger partial charge on any atom is 0.119 e. The second kappa shape index (κ2) is 4.85. The van der Waals surface area contributed by atoms with Gasteiger partial charge in [0.2, 0.25) is 0 Å². The number of nitrogens with zero attached hydrogens (tertiary/aromatic N) is 1. The molecular weight excluding hydrogens is 202 g/mol. The largest absolute Gasteiger partial charge is 0.497 e. The fourth-order valence-corrected chi connectivity index (χ4v) is 2.52. The molecule has 1 saturated heterocycles. The first-order chi connectivity index (χ1) is 7.74. The number of methoxy groups -OCH3 is 1. The second-order valence-electron chi connectivity index (χ2n) is 4.55. The highest BCUT2D eigenvalue weighted by molar-refractivity contribution is 5.32. The highest BCUT2D eigenvalue weighted by Crippen LogP contribution is 2.32. The Bertz CT molecular complexity index is 354. The van der Waals surface area contributed by atoms with Crippen molar-refractivity contribution in [2.75, 3.05) is 33.9 Å². The Morgan fingerprint density at radius 2 is 2.25 bits per heavy atom. The molecular formula is C13H19NO2. The van der Waals surface area contributed by atoms with Crippen molar-refractivity contribution in [1.29, 1.82) is 0 Å². The average Bonchev–Trinajstić information content (AvgIpc) is 2.70. The number of aliphatic hydroxyl groups is 1. The van der Waals surface area contributed by atoms with Gasteiger partial charge in [-0.1, -0.05) is 12.1 Å². The number of ether oxygens (including phenoxy) is 1. The Labute approximate surface area is 96.6 Å². The molecule has 0 aromatic heterocycles. The summed E-state index contributed by atoms with van der Waals surface area (Å²) in [7, 11) is 3.78. The van der Waals surface area contributed by atoms with Crippen LogP contribution in [0.15, 0.2) is 24.3 Å². The molecule has 0 saturated carbocycles. The van der Waals surface area contributed by atoms with Crippen LogP contribution in [-0.2, 0) is 0 Å². The van der Waals surface area contributed by atoms with E-state index in [0.29, 0.717) is 11.8 Å². The van der Waals surface area contributed by atoms with Gasteiger partial charge in [-0.25, -0.2) is 0 Å². The number of hydrogen-bond donors (Lipinski definition) is 1. The van der Waals surface area contributed by atoms with E-state index in [0.717, 1.165) is 18.8 Å². The van der Waals surface area contributed by atoms with Crippen LogP contribution in [-0.4, -0.2) is 43.9 Å². The fourth-order valence-electron chi connectivity index (χ4n) is 2.52. The number of benzene rings is 1. The third-order valence-corrected chi connectivity index (χ3v) is 3.38. The Morgan fingerprint density at radius 3 is 2.94 bits per heavy atom. The number of aliphatic hydroxyl groups excluding tert-OH is 1. The molecule has 3 heteroatoms. The van der Waals surface area contributed by atoms with Gasteiger partial charge in [-0.15, -0.1) is 0 Å². The Hall–Kier alpha value is -1.06. The molecule has 1 fully saturated rings. The summed E-state index contributed by atoms with van der Waals surface area (Å²) in [5, 5.41) is 9.38. The van der Waals surface area contributed by atoms with Gasteiger partial charge in [0.05, 0.1) is 7.11 Å².